The lowest BCUT2D eigenvalue weighted by atomic mass is 10.0. The average molecular weight is 338 g/mol. The van der Waals surface area contributed by atoms with Crippen LogP contribution in [-0.2, 0) is 17.8 Å². The molecule has 1 saturated heterocycles. The number of carboxylic acid groups (broad SMARTS) is 1. The third kappa shape index (κ3) is 5.61. The van der Waals surface area contributed by atoms with Crippen molar-refractivity contribution in [2.24, 2.45) is 0 Å². The van der Waals surface area contributed by atoms with Crippen LogP contribution in [-0.4, -0.2) is 35.1 Å². The monoisotopic (exact) mass is 338 g/mol. The Hall–Kier alpha value is -2.33. The van der Waals surface area contributed by atoms with E-state index in [1.807, 2.05) is 12.1 Å². The molecule has 0 spiro atoms. The van der Waals surface area contributed by atoms with Gasteiger partial charge in [-0.3, -0.25) is 9.69 Å². The summed E-state index contributed by atoms with van der Waals surface area (Å²) in [5.41, 5.74) is 3.55. The summed E-state index contributed by atoms with van der Waals surface area (Å²) in [6.45, 7) is 3.23. The predicted molar refractivity (Wildman–Crippen MR) is 101 cm³/mol. The van der Waals surface area contributed by atoms with Crippen molar-refractivity contribution in [3.8, 4) is 0 Å². The number of likely N-dealkylation sites (tertiary alicyclic amines) is 1. The van der Waals surface area contributed by atoms with E-state index >= 15 is 0 Å². The molecule has 4 heteroatoms. The Kier molecular flexibility index (Phi) is 6.07. The molecule has 0 amide bonds. The van der Waals surface area contributed by atoms with Crippen molar-refractivity contribution in [1.29, 1.82) is 0 Å². The number of benzene rings is 2. The van der Waals surface area contributed by atoms with Gasteiger partial charge in [0, 0.05) is 37.8 Å². The summed E-state index contributed by atoms with van der Waals surface area (Å²) in [6, 6.07) is 19.3. The number of rotatable bonds is 7. The number of nitrogens with one attached hydrogen (secondary N) is 1. The molecule has 1 aliphatic heterocycles. The Bertz CT molecular complexity index is 679. The Morgan fingerprint density at radius 2 is 1.76 bits per heavy atom. The van der Waals surface area contributed by atoms with Crippen LogP contribution in [0.25, 0.3) is 0 Å². The van der Waals surface area contributed by atoms with Crippen LogP contribution in [0.1, 0.15) is 30.4 Å². The van der Waals surface area contributed by atoms with Gasteiger partial charge in [-0.25, -0.2) is 0 Å². The highest BCUT2D eigenvalue weighted by atomic mass is 16.4. The lowest BCUT2D eigenvalue weighted by molar-refractivity contribution is -0.136. The molecule has 0 aliphatic carbocycles. The van der Waals surface area contributed by atoms with Crippen LogP contribution in [0.4, 0.5) is 5.69 Å². The predicted octanol–water partition coefficient (Wildman–Crippen LogP) is 3.78. The number of carboxylic acids is 1. The smallest absolute Gasteiger partial charge is 0.303 e. The van der Waals surface area contributed by atoms with Gasteiger partial charge in [-0.1, -0.05) is 42.5 Å². The minimum Gasteiger partial charge on any atom is -0.481 e. The van der Waals surface area contributed by atoms with Crippen molar-refractivity contribution in [1.82, 2.24) is 4.90 Å². The van der Waals surface area contributed by atoms with Gasteiger partial charge in [-0.2, -0.15) is 0 Å². The summed E-state index contributed by atoms with van der Waals surface area (Å²) in [5.74, 6) is -0.746. The molecular formula is C21H26N2O2. The molecule has 0 unspecified atom stereocenters. The molecule has 2 aromatic carbocycles. The third-order valence-electron chi connectivity index (χ3n) is 4.76. The normalized spacial score (nSPS) is 15.8. The Morgan fingerprint density at radius 3 is 2.48 bits per heavy atom. The maximum atomic E-state index is 10.7. The van der Waals surface area contributed by atoms with E-state index in [1.165, 1.54) is 5.56 Å². The molecule has 0 radical (unpaired) electrons. The highest BCUT2D eigenvalue weighted by Crippen LogP contribution is 2.19. The first-order valence-electron chi connectivity index (χ1n) is 9.02. The number of nitrogens with zero attached hydrogens (tertiary/aromatic N) is 1. The van der Waals surface area contributed by atoms with Crippen molar-refractivity contribution in [2.45, 2.75) is 38.3 Å². The number of hydrogen-bond donors (Lipinski definition) is 2. The highest BCUT2D eigenvalue weighted by molar-refractivity contribution is 5.67. The number of piperidine rings is 1. The minimum absolute atomic E-state index is 0.182. The van der Waals surface area contributed by atoms with Crippen LogP contribution in [0, 0.1) is 0 Å². The fourth-order valence-corrected chi connectivity index (χ4v) is 3.38. The zero-order valence-electron chi connectivity index (χ0n) is 14.5. The number of aryl methyl sites for hydroxylation is 1. The third-order valence-corrected chi connectivity index (χ3v) is 4.76. The average Bonchev–Trinajstić information content (AvgIpc) is 2.63. The van der Waals surface area contributed by atoms with E-state index in [2.05, 4.69) is 52.7 Å². The van der Waals surface area contributed by atoms with Crippen LogP contribution in [0.5, 0.6) is 0 Å². The number of anilines is 1. The van der Waals surface area contributed by atoms with Crippen molar-refractivity contribution < 1.29 is 9.90 Å². The van der Waals surface area contributed by atoms with Crippen molar-refractivity contribution >= 4 is 11.7 Å². The summed E-state index contributed by atoms with van der Waals surface area (Å²) in [4.78, 5) is 13.2. The topological polar surface area (TPSA) is 52.6 Å². The fourth-order valence-electron chi connectivity index (χ4n) is 3.38. The summed E-state index contributed by atoms with van der Waals surface area (Å²) in [5, 5.41) is 12.4. The lowest BCUT2D eigenvalue weighted by Gasteiger charge is -2.33. The summed E-state index contributed by atoms with van der Waals surface area (Å²) in [7, 11) is 0. The molecule has 0 saturated carbocycles. The van der Waals surface area contributed by atoms with E-state index in [0.29, 0.717) is 12.5 Å². The second-order valence-electron chi connectivity index (χ2n) is 6.77. The SMILES string of the molecule is O=C(O)CCc1cccc(NC2CCN(Cc3ccccc3)CC2)c1. The molecule has 1 aliphatic rings. The van der Waals surface area contributed by atoms with Gasteiger partial charge >= 0.3 is 5.97 Å². The number of carbonyl (C=O) groups is 1. The van der Waals surface area contributed by atoms with E-state index in [1.54, 1.807) is 0 Å². The minimum atomic E-state index is -0.746. The molecular weight excluding hydrogens is 312 g/mol. The first-order valence-corrected chi connectivity index (χ1v) is 9.02. The van der Waals surface area contributed by atoms with Crippen molar-refractivity contribution in [3.63, 3.8) is 0 Å². The van der Waals surface area contributed by atoms with Gasteiger partial charge in [-0.05, 0) is 42.5 Å². The Balaban J connectivity index is 1.47. The summed E-state index contributed by atoms with van der Waals surface area (Å²) >= 11 is 0. The molecule has 25 heavy (non-hydrogen) atoms. The first kappa shape index (κ1) is 17.5. The maximum absolute atomic E-state index is 10.7. The van der Waals surface area contributed by atoms with E-state index in [9.17, 15) is 4.79 Å². The van der Waals surface area contributed by atoms with Crippen molar-refractivity contribution in [2.75, 3.05) is 18.4 Å². The van der Waals surface area contributed by atoms with Gasteiger partial charge in [0.25, 0.3) is 0 Å². The molecule has 1 heterocycles. The quantitative estimate of drug-likeness (QED) is 0.807. The standard InChI is InChI=1S/C21H26N2O2/c24-21(25)10-9-17-7-4-8-20(15-17)22-19-11-13-23(14-12-19)16-18-5-2-1-3-6-18/h1-8,15,19,22H,9-14,16H2,(H,24,25). The molecule has 3 rings (SSSR count). The van der Waals surface area contributed by atoms with Gasteiger partial charge in [0.05, 0.1) is 0 Å². The van der Waals surface area contributed by atoms with Gasteiger partial charge < -0.3 is 10.4 Å². The van der Waals surface area contributed by atoms with Crippen LogP contribution in [0.15, 0.2) is 54.6 Å². The van der Waals surface area contributed by atoms with Crippen LogP contribution in [0.3, 0.4) is 0 Å². The largest absolute Gasteiger partial charge is 0.481 e. The van der Waals surface area contributed by atoms with Gasteiger partial charge in [-0.15, -0.1) is 0 Å². The zero-order chi connectivity index (χ0) is 17.5. The Labute approximate surface area is 149 Å². The highest BCUT2D eigenvalue weighted by Gasteiger charge is 2.19. The molecule has 1 fully saturated rings. The zero-order valence-corrected chi connectivity index (χ0v) is 14.5. The molecule has 2 N–H and O–H groups in total. The van der Waals surface area contributed by atoms with E-state index < -0.39 is 5.97 Å². The fraction of sp³-hybridized carbons (Fsp3) is 0.381. The van der Waals surface area contributed by atoms with Gasteiger partial charge in [0.15, 0.2) is 0 Å². The summed E-state index contributed by atoms with van der Waals surface area (Å²) < 4.78 is 0. The van der Waals surface area contributed by atoms with Crippen LogP contribution >= 0.6 is 0 Å². The second kappa shape index (κ2) is 8.67. The molecule has 0 aromatic heterocycles. The molecule has 0 atom stereocenters. The first-order chi connectivity index (χ1) is 12.2. The second-order valence-corrected chi connectivity index (χ2v) is 6.77. The van der Waals surface area contributed by atoms with E-state index in [-0.39, 0.29) is 6.42 Å². The van der Waals surface area contributed by atoms with E-state index in [0.717, 1.165) is 43.7 Å². The van der Waals surface area contributed by atoms with Crippen molar-refractivity contribution in [3.05, 3.63) is 65.7 Å². The van der Waals surface area contributed by atoms with Gasteiger partial charge in [0.2, 0.25) is 0 Å². The maximum Gasteiger partial charge on any atom is 0.303 e. The molecule has 0 bridgehead atoms. The lowest BCUT2D eigenvalue weighted by Crippen LogP contribution is -2.38. The number of aliphatic carboxylic acids is 1. The van der Waals surface area contributed by atoms with Gasteiger partial charge in [0.1, 0.15) is 0 Å². The molecule has 4 nitrogen and oxygen atoms in total. The van der Waals surface area contributed by atoms with E-state index in [4.69, 9.17) is 5.11 Å². The molecule has 2 aromatic rings. The van der Waals surface area contributed by atoms with Crippen LogP contribution in [0.2, 0.25) is 0 Å². The Morgan fingerprint density at radius 1 is 1.04 bits per heavy atom. The number of hydrogen-bond acceptors (Lipinski definition) is 3. The summed E-state index contributed by atoms with van der Waals surface area (Å²) in [6.07, 6.45) is 3.03. The molecule has 132 valence electrons. The van der Waals surface area contributed by atoms with Crippen LogP contribution < -0.4 is 5.32 Å².